The molecule has 0 saturated heterocycles. The molecule has 1 aromatic rings. The summed E-state index contributed by atoms with van der Waals surface area (Å²) in [5.74, 6) is -2.05. The standard InChI is InChI=1S/C10H13F2NO2/c1-15-10-3-8(11)7(2-9(10)12)6(4-13)5-14/h2-3,6,14H,4-5,13H2,1H3. The van der Waals surface area contributed by atoms with Crippen molar-refractivity contribution < 1.29 is 18.6 Å². The topological polar surface area (TPSA) is 55.5 Å². The maximum absolute atomic E-state index is 13.4. The zero-order valence-corrected chi connectivity index (χ0v) is 8.34. The van der Waals surface area contributed by atoms with Crippen LogP contribution in [0.2, 0.25) is 0 Å². The quantitative estimate of drug-likeness (QED) is 0.791. The summed E-state index contributed by atoms with van der Waals surface area (Å²) in [6, 6.07) is 1.95. The maximum atomic E-state index is 13.4. The number of ether oxygens (including phenoxy) is 1. The van der Waals surface area contributed by atoms with Crippen LogP contribution in [0.15, 0.2) is 12.1 Å². The van der Waals surface area contributed by atoms with Gasteiger partial charge in [0.25, 0.3) is 0 Å². The van der Waals surface area contributed by atoms with E-state index in [0.29, 0.717) is 0 Å². The SMILES string of the molecule is COc1cc(F)c(C(CN)CO)cc1F. The number of nitrogens with two attached hydrogens (primary N) is 1. The number of methoxy groups -OCH3 is 1. The molecule has 5 heteroatoms. The van der Waals surface area contributed by atoms with Crippen LogP contribution in [-0.2, 0) is 0 Å². The highest BCUT2D eigenvalue weighted by molar-refractivity contribution is 5.33. The molecule has 15 heavy (non-hydrogen) atoms. The molecule has 0 saturated carbocycles. The Balaban J connectivity index is 3.14. The fourth-order valence-corrected chi connectivity index (χ4v) is 1.31. The fraction of sp³-hybridized carbons (Fsp3) is 0.400. The van der Waals surface area contributed by atoms with Gasteiger partial charge in [0, 0.05) is 18.5 Å². The first-order chi connectivity index (χ1) is 7.13. The molecular weight excluding hydrogens is 204 g/mol. The molecule has 0 aromatic heterocycles. The third kappa shape index (κ3) is 2.43. The van der Waals surface area contributed by atoms with Crippen LogP contribution in [-0.4, -0.2) is 25.4 Å². The Morgan fingerprint density at radius 2 is 2.07 bits per heavy atom. The molecule has 1 atom stereocenters. The molecule has 0 radical (unpaired) electrons. The maximum Gasteiger partial charge on any atom is 0.165 e. The van der Waals surface area contributed by atoms with Gasteiger partial charge in [-0.25, -0.2) is 8.78 Å². The van der Waals surface area contributed by atoms with Crippen LogP contribution >= 0.6 is 0 Å². The summed E-state index contributed by atoms with van der Waals surface area (Å²) in [5, 5.41) is 8.92. The first-order valence-electron chi connectivity index (χ1n) is 4.47. The van der Waals surface area contributed by atoms with E-state index >= 15 is 0 Å². The number of rotatable bonds is 4. The molecule has 1 aromatic carbocycles. The highest BCUT2D eigenvalue weighted by Crippen LogP contribution is 2.25. The molecule has 0 aliphatic heterocycles. The van der Waals surface area contributed by atoms with Crippen molar-refractivity contribution in [3.63, 3.8) is 0 Å². The van der Waals surface area contributed by atoms with Crippen LogP contribution in [0.5, 0.6) is 5.75 Å². The molecule has 0 aliphatic rings. The molecule has 0 aliphatic carbocycles. The summed E-state index contributed by atoms with van der Waals surface area (Å²) in [4.78, 5) is 0. The van der Waals surface area contributed by atoms with Gasteiger partial charge in [0.15, 0.2) is 11.6 Å². The summed E-state index contributed by atoms with van der Waals surface area (Å²) in [5.41, 5.74) is 5.39. The second-order valence-electron chi connectivity index (χ2n) is 3.12. The van der Waals surface area contributed by atoms with Crippen molar-refractivity contribution in [3.8, 4) is 5.75 Å². The van der Waals surface area contributed by atoms with Crippen LogP contribution in [0.25, 0.3) is 0 Å². The number of halogens is 2. The highest BCUT2D eigenvalue weighted by atomic mass is 19.1. The molecule has 0 heterocycles. The van der Waals surface area contributed by atoms with E-state index < -0.39 is 17.6 Å². The predicted octanol–water partition coefficient (Wildman–Crippen LogP) is 1.01. The largest absolute Gasteiger partial charge is 0.494 e. The van der Waals surface area contributed by atoms with E-state index in [1.165, 1.54) is 7.11 Å². The molecule has 84 valence electrons. The molecule has 1 rings (SSSR count). The van der Waals surface area contributed by atoms with Crippen molar-refractivity contribution in [1.82, 2.24) is 0 Å². The van der Waals surface area contributed by atoms with Gasteiger partial charge in [0.05, 0.1) is 13.7 Å². The van der Waals surface area contributed by atoms with Crippen molar-refractivity contribution in [1.29, 1.82) is 0 Å². The Kier molecular flexibility index (Phi) is 3.99. The van der Waals surface area contributed by atoms with Crippen molar-refractivity contribution in [2.45, 2.75) is 5.92 Å². The van der Waals surface area contributed by atoms with Crippen LogP contribution in [0.1, 0.15) is 11.5 Å². The fourth-order valence-electron chi connectivity index (χ4n) is 1.31. The molecular formula is C10H13F2NO2. The van der Waals surface area contributed by atoms with Crippen molar-refractivity contribution >= 4 is 0 Å². The van der Waals surface area contributed by atoms with Gasteiger partial charge in [-0.1, -0.05) is 0 Å². The molecule has 0 bridgehead atoms. The molecule has 3 nitrogen and oxygen atoms in total. The number of hydrogen-bond acceptors (Lipinski definition) is 3. The van der Waals surface area contributed by atoms with Gasteiger partial charge in [-0.3, -0.25) is 0 Å². The second kappa shape index (κ2) is 5.04. The van der Waals surface area contributed by atoms with Gasteiger partial charge in [0.2, 0.25) is 0 Å². The second-order valence-corrected chi connectivity index (χ2v) is 3.12. The van der Waals surface area contributed by atoms with Gasteiger partial charge in [0.1, 0.15) is 5.82 Å². The minimum atomic E-state index is -0.666. The van der Waals surface area contributed by atoms with Crippen LogP contribution in [0, 0.1) is 11.6 Å². The van der Waals surface area contributed by atoms with Crippen molar-refractivity contribution in [2.24, 2.45) is 5.73 Å². The predicted molar refractivity (Wildman–Crippen MR) is 51.8 cm³/mol. The number of aliphatic hydroxyl groups is 1. The Hall–Kier alpha value is -1.20. The molecule has 0 fully saturated rings. The first-order valence-corrected chi connectivity index (χ1v) is 4.47. The highest BCUT2D eigenvalue weighted by Gasteiger charge is 2.17. The van der Waals surface area contributed by atoms with Crippen LogP contribution < -0.4 is 10.5 Å². The first kappa shape index (κ1) is 11.9. The Morgan fingerprint density at radius 3 is 2.53 bits per heavy atom. The lowest BCUT2D eigenvalue weighted by molar-refractivity contribution is 0.264. The Morgan fingerprint density at radius 1 is 1.40 bits per heavy atom. The van der Waals surface area contributed by atoms with Crippen molar-refractivity contribution in [3.05, 3.63) is 29.3 Å². The lowest BCUT2D eigenvalue weighted by atomic mass is 9.99. The van der Waals surface area contributed by atoms with E-state index in [-0.39, 0.29) is 24.5 Å². The molecule has 0 amide bonds. The van der Waals surface area contributed by atoms with E-state index in [0.717, 1.165) is 12.1 Å². The smallest absolute Gasteiger partial charge is 0.165 e. The summed E-state index contributed by atoms with van der Waals surface area (Å²) < 4.78 is 31.3. The third-order valence-electron chi connectivity index (χ3n) is 2.22. The third-order valence-corrected chi connectivity index (χ3v) is 2.22. The van der Waals surface area contributed by atoms with Crippen molar-refractivity contribution in [2.75, 3.05) is 20.3 Å². The summed E-state index contributed by atoms with van der Waals surface area (Å²) in [7, 11) is 1.25. The monoisotopic (exact) mass is 217 g/mol. The van der Waals surface area contributed by atoms with Gasteiger partial charge < -0.3 is 15.6 Å². The lowest BCUT2D eigenvalue weighted by Crippen LogP contribution is -2.17. The van der Waals surface area contributed by atoms with Crippen LogP contribution in [0.3, 0.4) is 0 Å². The van der Waals surface area contributed by atoms with Gasteiger partial charge >= 0.3 is 0 Å². The molecule has 0 spiro atoms. The van der Waals surface area contributed by atoms with Gasteiger partial charge in [-0.2, -0.15) is 0 Å². The normalized spacial score (nSPS) is 12.6. The minimum absolute atomic E-state index is 0.0548. The minimum Gasteiger partial charge on any atom is -0.494 e. The van der Waals surface area contributed by atoms with Gasteiger partial charge in [-0.15, -0.1) is 0 Å². The number of hydrogen-bond donors (Lipinski definition) is 2. The van der Waals surface area contributed by atoms with E-state index in [1.54, 1.807) is 0 Å². The van der Waals surface area contributed by atoms with Gasteiger partial charge in [-0.05, 0) is 11.6 Å². The van der Waals surface area contributed by atoms with E-state index in [1.807, 2.05) is 0 Å². The zero-order chi connectivity index (χ0) is 11.4. The molecule has 3 N–H and O–H groups in total. The average Bonchev–Trinajstić information content (AvgIpc) is 2.24. The zero-order valence-electron chi connectivity index (χ0n) is 8.34. The average molecular weight is 217 g/mol. The summed E-state index contributed by atoms with van der Waals surface area (Å²) >= 11 is 0. The number of aliphatic hydroxyl groups excluding tert-OH is 1. The van der Waals surface area contributed by atoms with Crippen LogP contribution in [0.4, 0.5) is 8.78 Å². The summed E-state index contributed by atoms with van der Waals surface area (Å²) in [6.45, 7) is -0.265. The van der Waals surface area contributed by atoms with E-state index in [9.17, 15) is 8.78 Å². The van der Waals surface area contributed by atoms with E-state index in [2.05, 4.69) is 4.74 Å². The van der Waals surface area contributed by atoms with E-state index in [4.69, 9.17) is 10.8 Å². The Labute approximate surface area is 86.5 Å². The number of benzene rings is 1. The summed E-state index contributed by atoms with van der Waals surface area (Å²) in [6.07, 6.45) is 0. The molecule has 1 unspecified atom stereocenters. The Bertz CT molecular complexity index is 340. The lowest BCUT2D eigenvalue weighted by Gasteiger charge is -2.14.